The second-order valence-electron chi connectivity index (χ2n) is 5.02. The fraction of sp³-hybridized carbons (Fsp3) is 0.125. The molecular formula is C16H12BrNO4. The summed E-state index contributed by atoms with van der Waals surface area (Å²) in [6, 6.07) is 12.4. The maximum atomic E-state index is 12.3. The van der Waals surface area contributed by atoms with E-state index in [0.717, 1.165) is 0 Å². The number of carboxylic acids is 1. The van der Waals surface area contributed by atoms with Crippen molar-refractivity contribution in [3.05, 3.63) is 69.7 Å². The van der Waals surface area contributed by atoms with E-state index in [4.69, 9.17) is 0 Å². The Morgan fingerprint density at radius 3 is 2.27 bits per heavy atom. The Kier molecular flexibility index (Phi) is 3.72. The maximum absolute atomic E-state index is 12.3. The van der Waals surface area contributed by atoms with Crippen LogP contribution in [0.25, 0.3) is 0 Å². The first-order valence-corrected chi connectivity index (χ1v) is 7.40. The van der Waals surface area contributed by atoms with E-state index < -0.39 is 23.8 Å². The quantitative estimate of drug-likeness (QED) is 0.805. The molecule has 0 fully saturated rings. The van der Waals surface area contributed by atoms with Crippen LogP contribution in [0.1, 0.15) is 33.4 Å². The van der Waals surface area contributed by atoms with Gasteiger partial charge in [0.1, 0.15) is 12.0 Å². The average molecular weight is 362 g/mol. The van der Waals surface area contributed by atoms with Crippen LogP contribution < -0.4 is 0 Å². The number of benzene rings is 2. The molecule has 0 aromatic heterocycles. The van der Waals surface area contributed by atoms with Crippen LogP contribution in [0.2, 0.25) is 0 Å². The van der Waals surface area contributed by atoms with Crippen LogP contribution in [0.3, 0.4) is 0 Å². The molecule has 6 heteroatoms. The lowest BCUT2D eigenvalue weighted by Gasteiger charge is -2.37. The molecule has 2 atom stereocenters. The summed E-state index contributed by atoms with van der Waals surface area (Å²) in [6.45, 7) is 0. The number of aliphatic carboxylic acids is 1. The molecule has 3 rings (SSSR count). The molecule has 2 aromatic carbocycles. The number of carboxylic acid groups (broad SMARTS) is 1. The van der Waals surface area contributed by atoms with Crippen LogP contribution in [0, 0.1) is 0 Å². The predicted molar refractivity (Wildman–Crippen MR) is 81.7 cm³/mol. The first-order chi connectivity index (χ1) is 10.5. The second kappa shape index (κ2) is 5.55. The van der Waals surface area contributed by atoms with Gasteiger partial charge in [0.15, 0.2) is 0 Å². The minimum atomic E-state index is -1.10. The van der Waals surface area contributed by atoms with E-state index in [-0.39, 0.29) is 5.56 Å². The minimum Gasteiger partial charge on any atom is -0.481 e. The number of halogens is 1. The second-order valence-corrected chi connectivity index (χ2v) is 5.87. The monoisotopic (exact) mass is 361 g/mol. The van der Waals surface area contributed by atoms with Gasteiger partial charge in [-0.2, -0.15) is 0 Å². The molecule has 0 aliphatic carbocycles. The Morgan fingerprint density at radius 2 is 1.64 bits per heavy atom. The number of hydrogen-bond acceptors (Lipinski definition) is 3. The molecule has 1 amide bonds. The summed E-state index contributed by atoms with van der Waals surface area (Å²) in [7, 11) is 0. The molecule has 112 valence electrons. The Hall–Kier alpha value is -2.18. The number of amides is 1. The largest absolute Gasteiger partial charge is 0.481 e. The number of nitrogens with zero attached hydrogens (tertiary/aromatic N) is 1. The Balaban J connectivity index is 2.24. The molecule has 0 saturated heterocycles. The first-order valence-electron chi connectivity index (χ1n) is 6.61. The van der Waals surface area contributed by atoms with Crippen molar-refractivity contribution in [1.82, 2.24) is 5.06 Å². The molecule has 1 heterocycles. The third-order valence-electron chi connectivity index (χ3n) is 3.80. The molecule has 0 radical (unpaired) electrons. The molecule has 0 bridgehead atoms. The van der Waals surface area contributed by atoms with Crippen molar-refractivity contribution in [3.63, 3.8) is 0 Å². The fourth-order valence-electron chi connectivity index (χ4n) is 2.82. The average Bonchev–Trinajstić information content (AvgIpc) is 2.51. The van der Waals surface area contributed by atoms with Crippen LogP contribution in [0.4, 0.5) is 0 Å². The Morgan fingerprint density at radius 1 is 1.05 bits per heavy atom. The van der Waals surface area contributed by atoms with Gasteiger partial charge in [0.2, 0.25) is 0 Å². The summed E-state index contributed by atoms with van der Waals surface area (Å²) in [5, 5.41) is 20.4. The third kappa shape index (κ3) is 2.20. The van der Waals surface area contributed by atoms with Gasteiger partial charge in [-0.3, -0.25) is 14.8 Å². The normalized spacial score (nSPS) is 20.6. The van der Waals surface area contributed by atoms with Crippen molar-refractivity contribution in [2.24, 2.45) is 0 Å². The number of fused-ring (bicyclic) bond motifs is 1. The van der Waals surface area contributed by atoms with Gasteiger partial charge in [0, 0.05) is 10.0 Å². The van der Waals surface area contributed by atoms with Gasteiger partial charge < -0.3 is 5.11 Å². The number of carbonyl (C=O) groups excluding carboxylic acids is 1. The van der Waals surface area contributed by atoms with Crippen LogP contribution in [-0.4, -0.2) is 27.3 Å². The van der Waals surface area contributed by atoms with Gasteiger partial charge in [-0.05, 0) is 23.3 Å². The zero-order chi connectivity index (χ0) is 15.9. The molecule has 0 spiro atoms. The van der Waals surface area contributed by atoms with E-state index in [1.54, 1.807) is 42.5 Å². The lowest BCUT2D eigenvalue weighted by Crippen LogP contribution is -2.43. The van der Waals surface area contributed by atoms with Gasteiger partial charge in [-0.15, -0.1) is 0 Å². The summed E-state index contributed by atoms with van der Waals surface area (Å²) in [6.07, 6.45) is 0. The molecule has 0 unspecified atom stereocenters. The van der Waals surface area contributed by atoms with Gasteiger partial charge in [-0.1, -0.05) is 52.3 Å². The van der Waals surface area contributed by atoms with Crippen LogP contribution in [0.5, 0.6) is 0 Å². The molecule has 5 nitrogen and oxygen atoms in total. The van der Waals surface area contributed by atoms with E-state index in [0.29, 0.717) is 20.7 Å². The van der Waals surface area contributed by atoms with Crippen LogP contribution in [-0.2, 0) is 4.79 Å². The summed E-state index contributed by atoms with van der Waals surface area (Å²) in [5.74, 6) is -2.74. The van der Waals surface area contributed by atoms with Crippen molar-refractivity contribution in [2.45, 2.75) is 12.0 Å². The molecule has 0 saturated carbocycles. The smallest absolute Gasteiger partial charge is 0.313 e. The van der Waals surface area contributed by atoms with Crippen molar-refractivity contribution in [2.75, 3.05) is 0 Å². The van der Waals surface area contributed by atoms with E-state index >= 15 is 0 Å². The third-order valence-corrected chi connectivity index (χ3v) is 4.53. The highest BCUT2D eigenvalue weighted by atomic mass is 79.9. The highest BCUT2D eigenvalue weighted by Crippen LogP contribution is 2.43. The van der Waals surface area contributed by atoms with Gasteiger partial charge in [-0.25, -0.2) is 5.06 Å². The van der Waals surface area contributed by atoms with Crippen molar-refractivity contribution >= 4 is 27.8 Å². The van der Waals surface area contributed by atoms with Gasteiger partial charge in [0.05, 0.1) is 0 Å². The fourth-order valence-corrected chi connectivity index (χ4v) is 3.34. The molecule has 22 heavy (non-hydrogen) atoms. The molecule has 2 N–H and O–H groups in total. The highest BCUT2D eigenvalue weighted by molar-refractivity contribution is 9.10. The summed E-state index contributed by atoms with van der Waals surface area (Å²) >= 11 is 3.35. The highest BCUT2D eigenvalue weighted by Gasteiger charge is 2.44. The number of carbonyl (C=O) groups is 2. The SMILES string of the molecule is O=C(O)[C@H]1c2ccccc2C(=O)N(O)[C@@H]1c1ccccc1Br. The number of hydroxylamine groups is 2. The van der Waals surface area contributed by atoms with E-state index in [1.807, 2.05) is 0 Å². The van der Waals surface area contributed by atoms with Crippen molar-refractivity contribution in [1.29, 1.82) is 0 Å². The number of hydrogen-bond donors (Lipinski definition) is 2. The standard InChI is InChI=1S/C16H12BrNO4/c17-12-8-4-3-7-11(12)14-13(16(20)21)9-5-1-2-6-10(9)15(19)18(14)22/h1-8,13-14,22H,(H,20,21)/t13-,14+/m0/s1. The van der Waals surface area contributed by atoms with E-state index in [2.05, 4.69) is 15.9 Å². The minimum absolute atomic E-state index is 0.209. The van der Waals surface area contributed by atoms with E-state index in [9.17, 15) is 19.9 Å². The lowest BCUT2D eigenvalue weighted by atomic mass is 9.81. The topological polar surface area (TPSA) is 77.8 Å². The van der Waals surface area contributed by atoms with Crippen LogP contribution >= 0.6 is 15.9 Å². The lowest BCUT2D eigenvalue weighted by molar-refractivity contribution is -0.148. The Bertz CT molecular complexity index is 761. The summed E-state index contributed by atoms with van der Waals surface area (Å²) in [5.41, 5.74) is 1.16. The molecular weight excluding hydrogens is 350 g/mol. The molecule has 1 aliphatic heterocycles. The molecule has 1 aliphatic rings. The maximum Gasteiger partial charge on any atom is 0.313 e. The summed E-state index contributed by atoms with van der Waals surface area (Å²) < 4.78 is 0.637. The van der Waals surface area contributed by atoms with Crippen molar-refractivity contribution in [3.8, 4) is 0 Å². The molecule has 2 aromatic rings. The first kappa shape index (κ1) is 14.7. The Labute approximate surface area is 134 Å². The van der Waals surface area contributed by atoms with Gasteiger partial charge in [0.25, 0.3) is 5.91 Å². The van der Waals surface area contributed by atoms with Crippen LogP contribution in [0.15, 0.2) is 53.0 Å². The van der Waals surface area contributed by atoms with E-state index in [1.165, 1.54) is 6.07 Å². The zero-order valence-electron chi connectivity index (χ0n) is 11.3. The predicted octanol–water partition coefficient (Wildman–Crippen LogP) is 3.20. The van der Waals surface area contributed by atoms with Gasteiger partial charge >= 0.3 is 5.97 Å². The van der Waals surface area contributed by atoms with Crippen molar-refractivity contribution < 1.29 is 19.9 Å². The summed E-state index contributed by atoms with van der Waals surface area (Å²) in [4.78, 5) is 24.1. The number of rotatable bonds is 2. The zero-order valence-corrected chi connectivity index (χ0v) is 12.9.